The molecule has 1 heterocycles. The third-order valence-electron chi connectivity index (χ3n) is 3.42. The average Bonchev–Trinajstić information content (AvgIpc) is 2.46. The molecule has 1 saturated heterocycles. The Labute approximate surface area is 120 Å². The fraction of sp³-hybridized carbons (Fsp3) is 0.571. The largest absolute Gasteiger partial charge is 0.396 e. The van der Waals surface area contributed by atoms with Crippen LogP contribution in [0.5, 0.6) is 0 Å². The molecule has 0 unspecified atom stereocenters. The number of hydrogen-bond acceptors (Lipinski definition) is 4. The van der Waals surface area contributed by atoms with Crippen molar-refractivity contribution in [3.8, 4) is 0 Å². The fourth-order valence-electron chi connectivity index (χ4n) is 2.31. The molecule has 2 N–H and O–H groups in total. The lowest BCUT2D eigenvalue weighted by Gasteiger charge is -2.22. The van der Waals surface area contributed by atoms with Crippen LogP contribution in [0.15, 0.2) is 24.3 Å². The van der Waals surface area contributed by atoms with Crippen molar-refractivity contribution in [2.75, 3.05) is 24.5 Å². The lowest BCUT2D eigenvalue weighted by atomic mass is 10.1. The van der Waals surface area contributed by atoms with E-state index in [9.17, 15) is 8.42 Å². The molecule has 1 aromatic rings. The Morgan fingerprint density at radius 1 is 1.30 bits per heavy atom. The average molecular weight is 299 g/mol. The van der Waals surface area contributed by atoms with Gasteiger partial charge in [-0.2, -0.15) is 0 Å². The first-order chi connectivity index (χ1) is 9.62. The quantitative estimate of drug-likeness (QED) is 0.835. The maximum Gasteiger partial charge on any atom is 0.235 e. The van der Waals surface area contributed by atoms with Crippen molar-refractivity contribution in [1.29, 1.82) is 0 Å². The first-order valence-corrected chi connectivity index (χ1v) is 8.45. The summed E-state index contributed by atoms with van der Waals surface area (Å²) in [6, 6.07) is 7.34. The predicted molar refractivity (Wildman–Crippen MR) is 78.2 cm³/mol. The Kier molecular flexibility index (Phi) is 5.39. The van der Waals surface area contributed by atoms with E-state index in [1.807, 2.05) is 18.2 Å². The number of nitrogens with one attached hydrogen (secondary N) is 1. The summed E-state index contributed by atoms with van der Waals surface area (Å²) in [7, 11) is -3.35. The number of anilines is 1. The summed E-state index contributed by atoms with van der Waals surface area (Å²) in [4.78, 5) is 0. The van der Waals surface area contributed by atoms with Gasteiger partial charge in [0.05, 0.1) is 5.25 Å². The first-order valence-electron chi connectivity index (χ1n) is 6.91. The van der Waals surface area contributed by atoms with Gasteiger partial charge in [-0.3, -0.25) is 4.72 Å². The smallest absolute Gasteiger partial charge is 0.235 e. The van der Waals surface area contributed by atoms with Gasteiger partial charge in [0, 0.05) is 25.5 Å². The van der Waals surface area contributed by atoms with Crippen molar-refractivity contribution in [2.45, 2.75) is 30.9 Å². The van der Waals surface area contributed by atoms with Gasteiger partial charge < -0.3 is 9.84 Å². The SMILES string of the molecule is O=S(=O)(Nc1cccc(CCCO)c1)C1CCOCC1. The van der Waals surface area contributed by atoms with E-state index in [0.717, 1.165) is 12.0 Å². The standard InChI is InChI=1S/C14H21NO4S/c16-8-2-4-12-3-1-5-13(11-12)15-20(17,18)14-6-9-19-10-7-14/h1,3,5,11,14-16H,2,4,6-10H2. The van der Waals surface area contributed by atoms with E-state index in [1.54, 1.807) is 6.07 Å². The van der Waals surface area contributed by atoms with Crippen molar-refractivity contribution >= 4 is 15.7 Å². The molecule has 2 rings (SSSR count). The van der Waals surface area contributed by atoms with Gasteiger partial charge in [-0.05, 0) is 43.4 Å². The molecule has 0 aromatic heterocycles. The number of rotatable bonds is 6. The topological polar surface area (TPSA) is 75.6 Å². The Bertz CT molecular complexity index is 524. The Balaban J connectivity index is 2.04. The maximum absolute atomic E-state index is 12.3. The summed E-state index contributed by atoms with van der Waals surface area (Å²) < 4.78 is 32.4. The molecule has 1 fully saturated rings. The molecule has 1 aromatic carbocycles. The molecule has 112 valence electrons. The van der Waals surface area contributed by atoms with E-state index < -0.39 is 10.0 Å². The molecule has 6 heteroatoms. The molecule has 5 nitrogen and oxygen atoms in total. The molecule has 0 radical (unpaired) electrons. The number of aliphatic hydroxyl groups is 1. The highest BCUT2D eigenvalue weighted by molar-refractivity contribution is 7.93. The highest BCUT2D eigenvalue weighted by Crippen LogP contribution is 2.20. The number of hydrogen-bond donors (Lipinski definition) is 2. The molecular weight excluding hydrogens is 278 g/mol. The van der Waals surface area contributed by atoms with E-state index in [4.69, 9.17) is 9.84 Å². The highest BCUT2D eigenvalue weighted by Gasteiger charge is 2.27. The highest BCUT2D eigenvalue weighted by atomic mass is 32.2. The van der Waals surface area contributed by atoms with Crippen LogP contribution in [0.1, 0.15) is 24.8 Å². The van der Waals surface area contributed by atoms with Crippen LogP contribution in [-0.4, -0.2) is 38.6 Å². The maximum atomic E-state index is 12.3. The van der Waals surface area contributed by atoms with Crippen LogP contribution in [0.3, 0.4) is 0 Å². The number of aryl methyl sites for hydroxylation is 1. The summed E-state index contributed by atoms with van der Waals surface area (Å²) in [5.41, 5.74) is 1.61. The monoisotopic (exact) mass is 299 g/mol. The van der Waals surface area contributed by atoms with Gasteiger partial charge in [0.15, 0.2) is 0 Å². The van der Waals surface area contributed by atoms with E-state index >= 15 is 0 Å². The molecule has 20 heavy (non-hydrogen) atoms. The lowest BCUT2D eigenvalue weighted by Crippen LogP contribution is -2.33. The zero-order valence-electron chi connectivity index (χ0n) is 11.4. The van der Waals surface area contributed by atoms with Crippen LogP contribution in [0, 0.1) is 0 Å². The van der Waals surface area contributed by atoms with Crippen LogP contribution >= 0.6 is 0 Å². The van der Waals surface area contributed by atoms with Crippen molar-refractivity contribution in [3.63, 3.8) is 0 Å². The van der Waals surface area contributed by atoms with E-state index in [1.165, 1.54) is 0 Å². The minimum Gasteiger partial charge on any atom is -0.396 e. The zero-order valence-corrected chi connectivity index (χ0v) is 12.2. The molecule has 0 aliphatic carbocycles. The minimum absolute atomic E-state index is 0.137. The molecule has 0 atom stereocenters. The molecule has 1 aliphatic rings. The third kappa shape index (κ3) is 4.19. The predicted octanol–water partition coefficient (Wildman–Crippen LogP) is 1.53. The van der Waals surface area contributed by atoms with Crippen molar-refractivity contribution < 1.29 is 18.3 Å². The van der Waals surface area contributed by atoms with E-state index in [2.05, 4.69) is 4.72 Å². The van der Waals surface area contributed by atoms with Gasteiger partial charge in [-0.15, -0.1) is 0 Å². The molecule has 0 spiro atoms. The van der Waals surface area contributed by atoms with Gasteiger partial charge in [-0.25, -0.2) is 8.42 Å². The summed E-state index contributed by atoms with van der Waals surface area (Å²) >= 11 is 0. The minimum atomic E-state index is -3.35. The number of benzene rings is 1. The van der Waals surface area contributed by atoms with Gasteiger partial charge in [0.25, 0.3) is 0 Å². The van der Waals surface area contributed by atoms with Gasteiger partial charge >= 0.3 is 0 Å². The van der Waals surface area contributed by atoms with Crippen LogP contribution in [-0.2, 0) is 21.2 Å². The van der Waals surface area contributed by atoms with Crippen LogP contribution in [0.4, 0.5) is 5.69 Å². The summed E-state index contributed by atoms with van der Waals surface area (Å²) in [6.07, 6.45) is 2.50. The van der Waals surface area contributed by atoms with Crippen molar-refractivity contribution in [1.82, 2.24) is 0 Å². The normalized spacial score (nSPS) is 17.1. The van der Waals surface area contributed by atoms with Crippen LogP contribution < -0.4 is 4.72 Å². The fourth-order valence-corrected chi connectivity index (χ4v) is 3.74. The van der Waals surface area contributed by atoms with Crippen molar-refractivity contribution in [3.05, 3.63) is 29.8 Å². The summed E-state index contributed by atoms with van der Waals surface area (Å²) in [5.74, 6) is 0. The Morgan fingerprint density at radius 3 is 2.75 bits per heavy atom. The number of sulfonamides is 1. The van der Waals surface area contributed by atoms with Gasteiger partial charge in [0.1, 0.15) is 0 Å². The van der Waals surface area contributed by atoms with Crippen LogP contribution in [0.25, 0.3) is 0 Å². The lowest BCUT2D eigenvalue weighted by molar-refractivity contribution is 0.0984. The Hall–Kier alpha value is -1.11. The second-order valence-electron chi connectivity index (χ2n) is 4.99. The molecule has 0 bridgehead atoms. The molecule has 0 amide bonds. The number of aliphatic hydroxyl groups excluding tert-OH is 1. The second-order valence-corrected chi connectivity index (χ2v) is 6.95. The van der Waals surface area contributed by atoms with Crippen molar-refractivity contribution in [2.24, 2.45) is 0 Å². The molecule has 0 saturated carbocycles. The van der Waals surface area contributed by atoms with E-state index in [-0.39, 0.29) is 11.9 Å². The zero-order chi connectivity index (χ0) is 14.4. The molecular formula is C14H21NO4S. The second kappa shape index (κ2) is 7.06. The Morgan fingerprint density at radius 2 is 2.05 bits per heavy atom. The van der Waals surface area contributed by atoms with Gasteiger partial charge in [-0.1, -0.05) is 12.1 Å². The third-order valence-corrected chi connectivity index (χ3v) is 5.29. The molecule has 1 aliphatic heterocycles. The first kappa shape index (κ1) is 15.3. The van der Waals surface area contributed by atoms with E-state index in [0.29, 0.717) is 38.2 Å². The van der Waals surface area contributed by atoms with Gasteiger partial charge in [0.2, 0.25) is 10.0 Å². The summed E-state index contributed by atoms with van der Waals surface area (Å²) in [6.45, 7) is 1.14. The summed E-state index contributed by atoms with van der Waals surface area (Å²) in [5, 5.41) is 8.45. The van der Waals surface area contributed by atoms with Crippen LogP contribution in [0.2, 0.25) is 0 Å². The number of ether oxygens (including phenoxy) is 1.